The second kappa shape index (κ2) is 7.00. The molecule has 1 heterocycles. The maximum Gasteiger partial charge on any atom is 0.326 e. The predicted octanol–water partition coefficient (Wildman–Crippen LogP) is 1.79. The molecule has 2 fully saturated rings. The number of hydrogen-bond acceptors (Lipinski definition) is 4. The van der Waals surface area contributed by atoms with Crippen LogP contribution in [0.3, 0.4) is 0 Å². The molecule has 0 aromatic heterocycles. The van der Waals surface area contributed by atoms with Gasteiger partial charge in [0.15, 0.2) is 0 Å². The van der Waals surface area contributed by atoms with Crippen molar-refractivity contribution < 1.29 is 23.1 Å². The van der Waals surface area contributed by atoms with Crippen molar-refractivity contribution in [1.29, 1.82) is 0 Å². The summed E-state index contributed by atoms with van der Waals surface area (Å²) < 4.78 is 25.4. The van der Waals surface area contributed by atoms with Gasteiger partial charge in [-0.1, -0.05) is 12.8 Å². The summed E-state index contributed by atoms with van der Waals surface area (Å²) in [4.78, 5) is 26.3. The molecule has 1 amide bonds. The molecular weight excluding hydrogens is 356 g/mol. The third-order valence-electron chi connectivity index (χ3n) is 5.49. The van der Waals surface area contributed by atoms with Crippen LogP contribution < -0.4 is 0 Å². The maximum atomic E-state index is 13.0. The Bertz CT molecular complexity index is 803. The molecule has 1 saturated heterocycles. The normalized spacial score (nSPS) is 26.0. The average molecular weight is 380 g/mol. The van der Waals surface area contributed by atoms with E-state index in [0.29, 0.717) is 12.0 Å². The van der Waals surface area contributed by atoms with Crippen LogP contribution in [0.15, 0.2) is 29.2 Å². The minimum absolute atomic E-state index is 0.0393. The summed E-state index contributed by atoms with van der Waals surface area (Å²) >= 11 is 0. The van der Waals surface area contributed by atoms with Crippen molar-refractivity contribution in [3.05, 3.63) is 29.8 Å². The van der Waals surface area contributed by atoms with E-state index in [0.717, 1.165) is 30.0 Å². The quantitative estimate of drug-likeness (QED) is 0.859. The summed E-state index contributed by atoms with van der Waals surface area (Å²) in [5.74, 6) is -1.07. The second-order valence-corrected chi connectivity index (χ2v) is 9.38. The highest BCUT2D eigenvalue weighted by Crippen LogP contribution is 2.40. The number of benzene rings is 1. The maximum absolute atomic E-state index is 13.0. The van der Waals surface area contributed by atoms with E-state index in [1.165, 1.54) is 43.3 Å². The van der Waals surface area contributed by atoms with Crippen molar-refractivity contribution in [2.45, 2.75) is 49.1 Å². The van der Waals surface area contributed by atoms with Crippen LogP contribution in [0.5, 0.6) is 0 Å². The van der Waals surface area contributed by atoms with Crippen LogP contribution in [0.4, 0.5) is 0 Å². The third kappa shape index (κ3) is 3.23. The van der Waals surface area contributed by atoms with Crippen molar-refractivity contribution in [3.63, 3.8) is 0 Å². The summed E-state index contributed by atoms with van der Waals surface area (Å²) in [6, 6.07) is 4.88. The number of carbonyl (C=O) groups excluding carboxylic acids is 1. The Hall–Kier alpha value is -1.93. The van der Waals surface area contributed by atoms with Gasteiger partial charge in [-0.15, -0.1) is 0 Å². The largest absolute Gasteiger partial charge is 0.480 e. The lowest BCUT2D eigenvalue weighted by atomic mass is 9.84. The summed E-state index contributed by atoms with van der Waals surface area (Å²) in [5.41, 5.74) is 0.320. The number of hydrogen-bond donors (Lipinski definition) is 1. The van der Waals surface area contributed by atoms with Crippen LogP contribution in [0.2, 0.25) is 0 Å². The van der Waals surface area contributed by atoms with E-state index >= 15 is 0 Å². The Morgan fingerprint density at radius 1 is 1.12 bits per heavy atom. The standard InChI is InChI=1S/C18H24N2O5S/c1-19(2)26(24,25)14-9-7-12(8-10-14)17(21)20-15-6-4-3-5-13(15)11-16(20)18(22)23/h7-10,13,15-16H,3-6,11H2,1-2H3,(H,22,23). The fourth-order valence-corrected chi connectivity index (χ4v) is 5.00. The van der Waals surface area contributed by atoms with Gasteiger partial charge in [-0.05, 0) is 49.4 Å². The van der Waals surface area contributed by atoms with E-state index in [9.17, 15) is 23.1 Å². The molecule has 26 heavy (non-hydrogen) atoms. The number of carbonyl (C=O) groups is 2. The zero-order valence-corrected chi connectivity index (χ0v) is 15.8. The van der Waals surface area contributed by atoms with Crippen molar-refractivity contribution in [3.8, 4) is 0 Å². The zero-order valence-electron chi connectivity index (χ0n) is 15.0. The monoisotopic (exact) mass is 380 g/mol. The highest BCUT2D eigenvalue weighted by molar-refractivity contribution is 7.89. The first-order valence-corrected chi connectivity index (χ1v) is 10.3. The molecule has 0 radical (unpaired) electrons. The van der Waals surface area contributed by atoms with Gasteiger partial charge >= 0.3 is 5.97 Å². The van der Waals surface area contributed by atoms with E-state index in [1.54, 1.807) is 0 Å². The highest BCUT2D eigenvalue weighted by Gasteiger charge is 2.47. The van der Waals surface area contributed by atoms with Gasteiger partial charge in [0.25, 0.3) is 5.91 Å². The predicted molar refractivity (Wildman–Crippen MR) is 95.3 cm³/mol. The van der Waals surface area contributed by atoms with E-state index in [-0.39, 0.29) is 22.8 Å². The molecule has 142 valence electrons. The number of aliphatic carboxylic acids is 1. The molecule has 0 bridgehead atoms. The number of rotatable bonds is 4. The molecule has 1 aliphatic heterocycles. The molecule has 3 unspecified atom stereocenters. The number of likely N-dealkylation sites (tertiary alicyclic amines) is 1. The summed E-state index contributed by atoms with van der Waals surface area (Å²) in [6.45, 7) is 0. The molecule has 3 rings (SSSR count). The lowest BCUT2D eigenvalue weighted by Crippen LogP contribution is -2.46. The van der Waals surface area contributed by atoms with Crippen LogP contribution in [-0.4, -0.2) is 60.8 Å². The van der Waals surface area contributed by atoms with Gasteiger partial charge in [0.2, 0.25) is 10.0 Å². The molecule has 1 N–H and O–H groups in total. The smallest absolute Gasteiger partial charge is 0.326 e. The number of fused-ring (bicyclic) bond motifs is 1. The number of carboxylic acids is 1. The summed E-state index contributed by atoms with van der Waals surface area (Å²) in [6.07, 6.45) is 4.36. The fourth-order valence-electron chi connectivity index (χ4n) is 4.10. The van der Waals surface area contributed by atoms with Crippen molar-refractivity contribution >= 4 is 21.9 Å². The second-order valence-electron chi connectivity index (χ2n) is 7.23. The van der Waals surface area contributed by atoms with Gasteiger partial charge < -0.3 is 10.0 Å². The van der Waals surface area contributed by atoms with Crippen LogP contribution >= 0.6 is 0 Å². The minimum Gasteiger partial charge on any atom is -0.480 e. The van der Waals surface area contributed by atoms with Crippen LogP contribution in [0.25, 0.3) is 0 Å². The Labute approximate surface area is 153 Å². The van der Waals surface area contributed by atoms with Gasteiger partial charge in [-0.3, -0.25) is 4.79 Å². The van der Waals surface area contributed by atoms with E-state index in [4.69, 9.17) is 0 Å². The minimum atomic E-state index is -3.57. The third-order valence-corrected chi connectivity index (χ3v) is 7.32. The molecule has 3 atom stereocenters. The SMILES string of the molecule is CN(C)S(=O)(=O)c1ccc(C(=O)N2C(C(=O)O)CC3CCCCC32)cc1. The summed E-state index contributed by atoms with van der Waals surface area (Å²) in [5, 5.41) is 9.56. The Morgan fingerprint density at radius 2 is 1.73 bits per heavy atom. The average Bonchev–Trinajstić information content (AvgIpc) is 3.01. The van der Waals surface area contributed by atoms with Gasteiger partial charge in [0.1, 0.15) is 6.04 Å². The molecule has 0 spiro atoms. The topological polar surface area (TPSA) is 95.0 Å². The van der Waals surface area contributed by atoms with Gasteiger partial charge in [0, 0.05) is 25.7 Å². The first kappa shape index (κ1) is 18.8. The molecule has 1 aromatic carbocycles. The molecule has 7 nitrogen and oxygen atoms in total. The van der Waals surface area contributed by atoms with E-state index in [1.807, 2.05) is 0 Å². The van der Waals surface area contributed by atoms with Gasteiger partial charge in [0.05, 0.1) is 4.90 Å². The zero-order chi connectivity index (χ0) is 19.1. The Balaban J connectivity index is 1.89. The number of nitrogens with zero attached hydrogens (tertiary/aromatic N) is 2. The molecular formula is C18H24N2O5S. The van der Waals surface area contributed by atoms with E-state index < -0.39 is 22.0 Å². The molecule has 1 saturated carbocycles. The van der Waals surface area contributed by atoms with Crippen molar-refractivity contribution in [2.75, 3.05) is 14.1 Å². The Kier molecular flexibility index (Phi) is 5.07. The number of amides is 1. The molecule has 1 aromatic rings. The first-order valence-electron chi connectivity index (χ1n) is 8.81. The number of carboxylic acid groups (broad SMARTS) is 1. The van der Waals surface area contributed by atoms with Crippen LogP contribution in [-0.2, 0) is 14.8 Å². The first-order chi connectivity index (χ1) is 12.2. The van der Waals surface area contributed by atoms with Crippen LogP contribution in [0.1, 0.15) is 42.5 Å². The summed E-state index contributed by atoms with van der Waals surface area (Å²) in [7, 11) is -0.680. The molecule has 1 aliphatic carbocycles. The number of sulfonamides is 1. The van der Waals surface area contributed by atoms with Crippen LogP contribution in [0, 0.1) is 5.92 Å². The lowest BCUT2D eigenvalue weighted by Gasteiger charge is -2.33. The van der Waals surface area contributed by atoms with Gasteiger partial charge in [-0.25, -0.2) is 17.5 Å². The molecule has 8 heteroatoms. The highest BCUT2D eigenvalue weighted by atomic mass is 32.2. The van der Waals surface area contributed by atoms with Crippen molar-refractivity contribution in [2.24, 2.45) is 5.92 Å². The molecule has 2 aliphatic rings. The van der Waals surface area contributed by atoms with E-state index in [2.05, 4.69) is 0 Å². The Morgan fingerprint density at radius 3 is 2.31 bits per heavy atom. The lowest BCUT2D eigenvalue weighted by molar-refractivity contribution is -0.141. The van der Waals surface area contributed by atoms with Crippen molar-refractivity contribution in [1.82, 2.24) is 9.21 Å². The van der Waals surface area contributed by atoms with Gasteiger partial charge in [-0.2, -0.15) is 0 Å². The fraction of sp³-hybridized carbons (Fsp3) is 0.556.